The summed E-state index contributed by atoms with van der Waals surface area (Å²) in [4.78, 5) is 24.1. The van der Waals surface area contributed by atoms with E-state index in [2.05, 4.69) is 11.7 Å². The van der Waals surface area contributed by atoms with Crippen molar-refractivity contribution in [1.82, 2.24) is 0 Å². The lowest BCUT2D eigenvalue weighted by molar-refractivity contribution is -0.384. The van der Waals surface area contributed by atoms with Gasteiger partial charge in [-0.15, -0.1) is 0 Å². The van der Waals surface area contributed by atoms with Crippen LogP contribution in [0.2, 0.25) is 0 Å². The maximum Gasteiger partial charge on any atom is 0.337 e. The normalized spacial score (nSPS) is 18.4. The Morgan fingerprint density at radius 2 is 2.26 bits per heavy atom. The van der Waals surface area contributed by atoms with E-state index in [0.717, 1.165) is 19.5 Å². The maximum atomic E-state index is 11.5. The van der Waals surface area contributed by atoms with Crippen LogP contribution in [0, 0.1) is 16.0 Å². The first-order chi connectivity index (χ1) is 9.02. The molecule has 0 bridgehead atoms. The fraction of sp³-hybridized carbons (Fsp3) is 0.462. The highest BCUT2D eigenvalue weighted by atomic mass is 16.6. The molecule has 0 aromatic heterocycles. The van der Waals surface area contributed by atoms with Crippen LogP contribution in [0.1, 0.15) is 23.7 Å². The average Bonchev–Trinajstić information content (AvgIpc) is 2.83. The fourth-order valence-electron chi connectivity index (χ4n) is 2.33. The summed E-state index contributed by atoms with van der Waals surface area (Å²) >= 11 is 0. The number of rotatable bonds is 3. The summed E-state index contributed by atoms with van der Waals surface area (Å²) in [7, 11) is 1.29. The monoisotopic (exact) mass is 264 g/mol. The second kappa shape index (κ2) is 5.26. The van der Waals surface area contributed by atoms with Crippen molar-refractivity contribution in [1.29, 1.82) is 0 Å². The summed E-state index contributed by atoms with van der Waals surface area (Å²) in [6, 6.07) is 4.33. The molecule has 1 aliphatic rings. The lowest BCUT2D eigenvalue weighted by atomic mass is 10.1. The lowest BCUT2D eigenvalue weighted by Gasteiger charge is -2.18. The number of carbonyl (C=O) groups is 1. The molecule has 6 nitrogen and oxygen atoms in total. The van der Waals surface area contributed by atoms with Crippen molar-refractivity contribution in [3.05, 3.63) is 33.9 Å². The van der Waals surface area contributed by atoms with Crippen molar-refractivity contribution in [2.24, 2.45) is 5.92 Å². The quantitative estimate of drug-likeness (QED) is 0.475. The molecular formula is C13H16N2O4. The van der Waals surface area contributed by atoms with Crippen molar-refractivity contribution in [2.45, 2.75) is 13.3 Å². The highest BCUT2D eigenvalue weighted by Crippen LogP contribution is 2.33. The number of hydrogen-bond donors (Lipinski definition) is 0. The second-order valence-electron chi connectivity index (χ2n) is 4.79. The summed E-state index contributed by atoms with van der Waals surface area (Å²) in [5.41, 5.74) is 0.863. The second-order valence-corrected chi connectivity index (χ2v) is 4.79. The number of esters is 1. The van der Waals surface area contributed by atoms with Gasteiger partial charge in [0.05, 0.1) is 17.6 Å². The minimum absolute atomic E-state index is 0.0294. The SMILES string of the molecule is COC(=O)c1ccc([N+](=O)[O-])c(N2CCC(C)C2)c1. The third-order valence-electron chi connectivity index (χ3n) is 3.36. The smallest absolute Gasteiger partial charge is 0.337 e. The topological polar surface area (TPSA) is 72.7 Å². The van der Waals surface area contributed by atoms with Gasteiger partial charge in [-0.2, -0.15) is 0 Å². The number of carbonyl (C=O) groups excluding carboxylic acids is 1. The van der Waals surface area contributed by atoms with E-state index in [0.29, 0.717) is 17.2 Å². The molecule has 0 aliphatic carbocycles. The van der Waals surface area contributed by atoms with Gasteiger partial charge in [-0.25, -0.2) is 4.79 Å². The molecule has 1 atom stereocenters. The Bertz CT molecular complexity index is 515. The molecule has 0 spiro atoms. The van der Waals surface area contributed by atoms with Gasteiger partial charge >= 0.3 is 5.97 Å². The largest absolute Gasteiger partial charge is 0.465 e. The Morgan fingerprint density at radius 3 is 2.79 bits per heavy atom. The zero-order valence-corrected chi connectivity index (χ0v) is 11.0. The first kappa shape index (κ1) is 13.3. The van der Waals surface area contributed by atoms with Gasteiger partial charge < -0.3 is 9.64 Å². The van der Waals surface area contributed by atoms with E-state index in [1.54, 1.807) is 6.07 Å². The van der Waals surface area contributed by atoms with Crippen molar-refractivity contribution in [3.63, 3.8) is 0 Å². The van der Waals surface area contributed by atoms with E-state index in [-0.39, 0.29) is 5.69 Å². The van der Waals surface area contributed by atoms with Crippen molar-refractivity contribution in [2.75, 3.05) is 25.1 Å². The molecule has 0 amide bonds. The van der Waals surface area contributed by atoms with Gasteiger partial charge in [-0.1, -0.05) is 6.92 Å². The molecule has 1 aliphatic heterocycles. The van der Waals surface area contributed by atoms with Crippen molar-refractivity contribution < 1.29 is 14.5 Å². The molecule has 102 valence electrons. The predicted molar refractivity (Wildman–Crippen MR) is 70.4 cm³/mol. The van der Waals surface area contributed by atoms with E-state index in [1.807, 2.05) is 4.90 Å². The van der Waals surface area contributed by atoms with Crippen LogP contribution in [-0.4, -0.2) is 31.1 Å². The van der Waals surface area contributed by atoms with Crippen LogP contribution >= 0.6 is 0 Å². The van der Waals surface area contributed by atoms with Crippen LogP contribution in [0.3, 0.4) is 0 Å². The van der Waals surface area contributed by atoms with Gasteiger partial charge in [0.1, 0.15) is 5.69 Å². The number of methoxy groups -OCH3 is 1. The molecule has 6 heteroatoms. The highest BCUT2D eigenvalue weighted by Gasteiger charge is 2.26. The van der Waals surface area contributed by atoms with Gasteiger partial charge in [0.15, 0.2) is 0 Å². The summed E-state index contributed by atoms with van der Waals surface area (Å²) in [5, 5.41) is 11.1. The van der Waals surface area contributed by atoms with Crippen LogP contribution in [0.5, 0.6) is 0 Å². The number of nitrogens with zero attached hydrogens (tertiary/aromatic N) is 2. The third kappa shape index (κ3) is 2.67. The van der Waals surface area contributed by atoms with E-state index < -0.39 is 10.9 Å². The van der Waals surface area contributed by atoms with Gasteiger partial charge in [-0.05, 0) is 24.5 Å². The van der Waals surface area contributed by atoms with Crippen LogP contribution in [0.4, 0.5) is 11.4 Å². The molecule has 1 unspecified atom stereocenters. The van der Waals surface area contributed by atoms with Crippen LogP contribution in [0.15, 0.2) is 18.2 Å². The van der Waals surface area contributed by atoms with Gasteiger partial charge in [0.25, 0.3) is 5.69 Å². The van der Waals surface area contributed by atoms with Gasteiger partial charge in [-0.3, -0.25) is 10.1 Å². The zero-order valence-electron chi connectivity index (χ0n) is 11.0. The number of ether oxygens (including phenoxy) is 1. The van der Waals surface area contributed by atoms with E-state index in [1.165, 1.54) is 19.2 Å². The summed E-state index contributed by atoms with van der Waals surface area (Å²) < 4.78 is 4.65. The number of benzene rings is 1. The zero-order chi connectivity index (χ0) is 14.0. The Labute approximate surface area is 111 Å². The molecule has 0 N–H and O–H groups in total. The number of nitro groups is 1. The fourth-order valence-corrected chi connectivity index (χ4v) is 2.33. The van der Waals surface area contributed by atoms with Crippen LogP contribution < -0.4 is 4.90 Å². The first-order valence-electron chi connectivity index (χ1n) is 6.14. The first-order valence-corrected chi connectivity index (χ1v) is 6.14. The molecule has 1 heterocycles. The number of hydrogen-bond acceptors (Lipinski definition) is 5. The average molecular weight is 264 g/mol. The summed E-state index contributed by atoms with van der Waals surface area (Å²) in [6.45, 7) is 3.65. The molecule has 1 fully saturated rings. The van der Waals surface area contributed by atoms with Crippen LogP contribution in [0.25, 0.3) is 0 Å². The van der Waals surface area contributed by atoms with E-state index in [9.17, 15) is 14.9 Å². The lowest BCUT2D eigenvalue weighted by Crippen LogP contribution is -2.20. The minimum Gasteiger partial charge on any atom is -0.465 e. The Hall–Kier alpha value is -2.11. The van der Waals surface area contributed by atoms with Gasteiger partial charge in [0, 0.05) is 19.2 Å². The van der Waals surface area contributed by atoms with E-state index in [4.69, 9.17) is 0 Å². The Morgan fingerprint density at radius 1 is 1.53 bits per heavy atom. The molecule has 2 rings (SSSR count). The standard InChI is InChI=1S/C13H16N2O4/c1-9-5-6-14(8-9)12-7-10(13(16)19-2)3-4-11(12)15(17)18/h3-4,7,9H,5-6,8H2,1-2H3. The Kier molecular flexibility index (Phi) is 3.69. The van der Waals surface area contributed by atoms with Crippen LogP contribution in [-0.2, 0) is 4.74 Å². The minimum atomic E-state index is -0.483. The molecule has 1 aromatic rings. The predicted octanol–water partition coefficient (Wildman–Crippen LogP) is 2.23. The summed E-state index contributed by atoms with van der Waals surface area (Å²) in [5.74, 6) is 0.0183. The highest BCUT2D eigenvalue weighted by molar-refractivity contribution is 5.91. The molecule has 1 saturated heterocycles. The van der Waals surface area contributed by atoms with E-state index >= 15 is 0 Å². The molecular weight excluding hydrogens is 248 g/mol. The van der Waals surface area contributed by atoms with Crippen molar-refractivity contribution >= 4 is 17.3 Å². The Balaban J connectivity index is 2.42. The third-order valence-corrected chi connectivity index (χ3v) is 3.36. The van der Waals surface area contributed by atoms with Crippen molar-refractivity contribution in [3.8, 4) is 0 Å². The number of anilines is 1. The maximum absolute atomic E-state index is 11.5. The number of nitro benzene ring substituents is 1. The van der Waals surface area contributed by atoms with Gasteiger partial charge in [0.2, 0.25) is 0 Å². The molecule has 19 heavy (non-hydrogen) atoms. The molecule has 1 aromatic carbocycles. The summed E-state index contributed by atoms with van der Waals surface area (Å²) in [6.07, 6.45) is 1.000. The molecule has 0 saturated carbocycles. The molecule has 0 radical (unpaired) electrons.